The van der Waals surface area contributed by atoms with E-state index in [9.17, 15) is 4.39 Å². The molecule has 0 heterocycles. The number of nitrogens with two attached hydrogens (primary N) is 2. The van der Waals surface area contributed by atoms with Crippen molar-refractivity contribution in [2.75, 3.05) is 5.73 Å². The summed E-state index contributed by atoms with van der Waals surface area (Å²) in [6.07, 6.45) is 3.51. The summed E-state index contributed by atoms with van der Waals surface area (Å²) in [5.41, 5.74) is 13.0. The Balaban J connectivity index is 2.13. The van der Waals surface area contributed by atoms with Crippen LogP contribution in [0.3, 0.4) is 0 Å². The van der Waals surface area contributed by atoms with Crippen LogP contribution in [0.25, 0.3) is 0 Å². The number of rotatable bonds is 3. The first kappa shape index (κ1) is 9.46. The van der Waals surface area contributed by atoms with E-state index in [0.717, 1.165) is 17.9 Å². The van der Waals surface area contributed by atoms with E-state index in [1.54, 1.807) is 6.07 Å². The minimum Gasteiger partial charge on any atom is -0.398 e. The van der Waals surface area contributed by atoms with Gasteiger partial charge in [0.05, 0.1) is 0 Å². The molecular weight excluding hydrogens is 179 g/mol. The van der Waals surface area contributed by atoms with E-state index in [1.165, 1.54) is 25.0 Å². The molecule has 1 aromatic rings. The Bertz CT molecular complexity index is 334. The van der Waals surface area contributed by atoms with Crippen LogP contribution in [0.2, 0.25) is 0 Å². The number of halogens is 1. The van der Waals surface area contributed by atoms with Gasteiger partial charge >= 0.3 is 0 Å². The van der Waals surface area contributed by atoms with Crippen molar-refractivity contribution < 1.29 is 4.39 Å². The Morgan fingerprint density at radius 3 is 2.71 bits per heavy atom. The zero-order chi connectivity index (χ0) is 10.1. The zero-order valence-electron chi connectivity index (χ0n) is 8.04. The molecule has 14 heavy (non-hydrogen) atoms. The molecule has 0 bridgehead atoms. The molecule has 1 aliphatic carbocycles. The lowest BCUT2D eigenvalue weighted by Crippen LogP contribution is -2.13. The van der Waals surface area contributed by atoms with Crippen LogP contribution in [-0.2, 0) is 0 Å². The predicted octanol–water partition coefficient (Wildman–Crippen LogP) is 2.21. The first-order valence-electron chi connectivity index (χ1n) is 4.97. The van der Waals surface area contributed by atoms with Gasteiger partial charge in [-0.25, -0.2) is 4.39 Å². The molecule has 0 aromatic heterocycles. The second kappa shape index (κ2) is 3.58. The Morgan fingerprint density at radius 2 is 2.14 bits per heavy atom. The summed E-state index contributed by atoms with van der Waals surface area (Å²) < 4.78 is 12.8. The van der Waals surface area contributed by atoms with Crippen molar-refractivity contribution in [3.05, 3.63) is 29.6 Å². The van der Waals surface area contributed by atoms with E-state index < -0.39 is 0 Å². The minimum absolute atomic E-state index is 0.0388. The SMILES string of the molecule is Nc1cc(F)ccc1[C@H](N)CC1CC1. The smallest absolute Gasteiger partial charge is 0.125 e. The molecule has 0 amide bonds. The second-order valence-electron chi connectivity index (χ2n) is 4.06. The lowest BCUT2D eigenvalue weighted by molar-refractivity contribution is 0.593. The van der Waals surface area contributed by atoms with Gasteiger partial charge in [0.15, 0.2) is 0 Å². The molecule has 0 spiro atoms. The molecular formula is C11H15FN2. The standard InChI is InChI=1S/C11H15FN2/c12-8-3-4-9(11(14)6-8)10(13)5-7-1-2-7/h3-4,6-7,10H,1-2,5,13-14H2/t10-/m1/s1. The lowest BCUT2D eigenvalue weighted by Gasteiger charge is -2.13. The minimum atomic E-state index is -0.301. The van der Waals surface area contributed by atoms with Crippen molar-refractivity contribution in [3.8, 4) is 0 Å². The van der Waals surface area contributed by atoms with Crippen LogP contribution in [0, 0.1) is 11.7 Å². The van der Waals surface area contributed by atoms with Crippen molar-refractivity contribution in [1.29, 1.82) is 0 Å². The summed E-state index contributed by atoms with van der Waals surface area (Å²) in [5.74, 6) is 0.458. The summed E-state index contributed by atoms with van der Waals surface area (Å²) in [4.78, 5) is 0. The highest BCUT2D eigenvalue weighted by atomic mass is 19.1. The third-order valence-corrected chi connectivity index (χ3v) is 2.73. The summed E-state index contributed by atoms with van der Waals surface area (Å²) in [6.45, 7) is 0. The van der Waals surface area contributed by atoms with Crippen LogP contribution in [0.5, 0.6) is 0 Å². The Labute approximate surface area is 83.1 Å². The quantitative estimate of drug-likeness (QED) is 0.725. The maximum absolute atomic E-state index is 12.8. The maximum atomic E-state index is 12.8. The summed E-state index contributed by atoms with van der Waals surface area (Å²) in [5, 5.41) is 0. The largest absolute Gasteiger partial charge is 0.398 e. The number of nitrogen functional groups attached to an aromatic ring is 1. The Kier molecular flexibility index (Phi) is 2.42. The second-order valence-corrected chi connectivity index (χ2v) is 4.06. The van der Waals surface area contributed by atoms with Gasteiger partial charge in [0, 0.05) is 11.7 Å². The first-order chi connectivity index (χ1) is 6.66. The van der Waals surface area contributed by atoms with Gasteiger partial charge in [-0.05, 0) is 30.0 Å². The van der Waals surface area contributed by atoms with Gasteiger partial charge in [-0.1, -0.05) is 18.9 Å². The molecule has 2 nitrogen and oxygen atoms in total. The fourth-order valence-electron chi connectivity index (χ4n) is 1.72. The van der Waals surface area contributed by atoms with E-state index in [0.29, 0.717) is 5.69 Å². The first-order valence-corrected chi connectivity index (χ1v) is 4.97. The average Bonchev–Trinajstić information content (AvgIpc) is 2.87. The Morgan fingerprint density at radius 1 is 1.43 bits per heavy atom. The van der Waals surface area contributed by atoms with Crippen molar-refractivity contribution in [2.45, 2.75) is 25.3 Å². The fraction of sp³-hybridized carbons (Fsp3) is 0.455. The van der Waals surface area contributed by atoms with Crippen LogP contribution >= 0.6 is 0 Å². The van der Waals surface area contributed by atoms with E-state index in [4.69, 9.17) is 11.5 Å². The van der Waals surface area contributed by atoms with Crippen molar-refractivity contribution in [3.63, 3.8) is 0 Å². The highest BCUT2D eigenvalue weighted by Crippen LogP contribution is 2.37. The van der Waals surface area contributed by atoms with Crippen LogP contribution in [0.15, 0.2) is 18.2 Å². The molecule has 4 N–H and O–H groups in total. The van der Waals surface area contributed by atoms with Gasteiger partial charge < -0.3 is 11.5 Å². The maximum Gasteiger partial charge on any atom is 0.125 e. The number of anilines is 1. The normalized spacial score (nSPS) is 18.1. The van der Waals surface area contributed by atoms with E-state index in [-0.39, 0.29) is 11.9 Å². The van der Waals surface area contributed by atoms with Crippen molar-refractivity contribution in [2.24, 2.45) is 11.7 Å². The van der Waals surface area contributed by atoms with Crippen molar-refractivity contribution in [1.82, 2.24) is 0 Å². The predicted molar refractivity (Wildman–Crippen MR) is 55.1 cm³/mol. The highest BCUT2D eigenvalue weighted by molar-refractivity contribution is 5.48. The lowest BCUT2D eigenvalue weighted by atomic mass is 10.0. The zero-order valence-corrected chi connectivity index (χ0v) is 8.04. The summed E-state index contributed by atoms with van der Waals surface area (Å²) in [7, 11) is 0. The number of hydrogen-bond acceptors (Lipinski definition) is 2. The molecule has 1 atom stereocenters. The monoisotopic (exact) mass is 194 g/mol. The molecule has 76 valence electrons. The molecule has 0 saturated heterocycles. The molecule has 0 aliphatic heterocycles. The molecule has 0 unspecified atom stereocenters. The average molecular weight is 194 g/mol. The van der Waals surface area contributed by atoms with E-state index in [2.05, 4.69) is 0 Å². The van der Waals surface area contributed by atoms with Crippen molar-refractivity contribution >= 4 is 5.69 Å². The van der Waals surface area contributed by atoms with Crippen LogP contribution < -0.4 is 11.5 Å². The Hall–Kier alpha value is -1.09. The highest BCUT2D eigenvalue weighted by Gasteiger charge is 2.25. The summed E-state index contributed by atoms with van der Waals surface area (Å²) >= 11 is 0. The van der Waals surface area contributed by atoms with Gasteiger partial charge in [0.2, 0.25) is 0 Å². The molecule has 1 saturated carbocycles. The number of benzene rings is 1. The molecule has 2 rings (SSSR count). The van der Waals surface area contributed by atoms with Gasteiger partial charge in [-0.3, -0.25) is 0 Å². The molecule has 1 aromatic carbocycles. The summed E-state index contributed by atoms with van der Waals surface area (Å²) in [6, 6.07) is 4.40. The van der Waals surface area contributed by atoms with Gasteiger partial charge in [0.25, 0.3) is 0 Å². The van der Waals surface area contributed by atoms with Crippen LogP contribution in [0.4, 0.5) is 10.1 Å². The third-order valence-electron chi connectivity index (χ3n) is 2.73. The van der Waals surface area contributed by atoms with E-state index in [1.807, 2.05) is 0 Å². The molecule has 1 fully saturated rings. The van der Waals surface area contributed by atoms with Gasteiger partial charge in [-0.2, -0.15) is 0 Å². The molecule has 3 heteroatoms. The fourth-order valence-corrected chi connectivity index (χ4v) is 1.72. The van der Waals surface area contributed by atoms with Crippen LogP contribution in [-0.4, -0.2) is 0 Å². The third kappa shape index (κ3) is 2.04. The van der Waals surface area contributed by atoms with Crippen LogP contribution in [0.1, 0.15) is 30.9 Å². The topological polar surface area (TPSA) is 52.0 Å². The van der Waals surface area contributed by atoms with E-state index >= 15 is 0 Å². The number of hydrogen-bond donors (Lipinski definition) is 2. The van der Waals surface area contributed by atoms with Gasteiger partial charge in [-0.15, -0.1) is 0 Å². The molecule has 1 aliphatic rings. The van der Waals surface area contributed by atoms with Gasteiger partial charge in [0.1, 0.15) is 5.82 Å². The molecule has 0 radical (unpaired) electrons.